The first kappa shape index (κ1) is 18.2. The van der Waals surface area contributed by atoms with E-state index in [1.165, 1.54) is 16.4 Å². The van der Waals surface area contributed by atoms with E-state index in [-0.39, 0.29) is 11.7 Å². The number of hydrogen-bond donors (Lipinski definition) is 2. The Labute approximate surface area is 155 Å². The van der Waals surface area contributed by atoms with Crippen LogP contribution in [0.25, 0.3) is 5.69 Å². The molecule has 1 aliphatic carbocycles. The van der Waals surface area contributed by atoms with Crippen LogP contribution in [0.3, 0.4) is 0 Å². The minimum atomic E-state index is -0.757. The lowest BCUT2D eigenvalue weighted by Gasteiger charge is -2.32. The summed E-state index contributed by atoms with van der Waals surface area (Å²) in [6.07, 6.45) is 4.39. The molecular formula is C17H20N6O2S. The molecule has 136 valence electrons. The van der Waals surface area contributed by atoms with Gasteiger partial charge < -0.3 is 10.4 Å². The predicted octanol–water partition coefficient (Wildman–Crippen LogP) is 2.19. The molecule has 9 heteroatoms. The number of nitrogens with zero attached hydrogens (tertiary/aromatic N) is 5. The van der Waals surface area contributed by atoms with Gasteiger partial charge in [0.25, 0.3) is 0 Å². The van der Waals surface area contributed by atoms with Crippen LogP contribution in [0.15, 0.2) is 29.4 Å². The molecule has 0 spiro atoms. The van der Waals surface area contributed by atoms with Crippen LogP contribution in [-0.4, -0.2) is 42.0 Å². The number of nitrogens with one attached hydrogen (secondary N) is 1. The molecule has 0 bridgehead atoms. The Kier molecular flexibility index (Phi) is 5.42. The van der Waals surface area contributed by atoms with Crippen LogP contribution in [-0.2, 0) is 4.79 Å². The maximum Gasteiger partial charge on any atom is 0.234 e. The van der Waals surface area contributed by atoms with Gasteiger partial charge in [-0.05, 0) is 54.5 Å². The van der Waals surface area contributed by atoms with Gasteiger partial charge >= 0.3 is 0 Å². The van der Waals surface area contributed by atoms with Gasteiger partial charge in [-0.1, -0.05) is 31.0 Å². The Morgan fingerprint density at radius 3 is 2.69 bits per heavy atom. The second-order valence-electron chi connectivity index (χ2n) is 6.39. The quantitative estimate of drug-likeness (QED) is 0.773. The molecule has 0 saturated heterocycles. The number of benzene rings is 1. The van der Waals surface area contributed by atoms with Crippen LogP contribution in [0, 0.1) is 11.3 Å². The Balaban J connectivity index is 1.69. The summed E-state index contributed by atoms with van der Waals surface area (Å²) in [5.41, 5.74) is -0.0729. The van der Waals surface area contributed by atoms with E-state index in [4.69, 9.17) is 0 Å². The Hall–Kier alpha value is -2.60. The van der Waals surface area contributed by atoms with Crippen LogP contribution in [0.1, 0.15) is 39.0 Å². The van der Waals surface area contributed by atoms with E-state index in [1.807, 2.05) is 0 Å². The summed E-state index contributed by atoms with van der Waals surface area (Å²) in [5.74, 6) is -0.0447. The van der Waals surface area contributed by atoms with Crippen LogP contribution < -0.4 is 5.32 Å². The van der Waals surface area contributed by atoms with Crippen molar-refractivity contribution < 1.29 is 9.90 Å². The molecule has 0 aliphatic heterocycles. The third-order valence-electron chi connectivity index (χ3n) is 4.47. The molecule has 2 N–H and O–H groups in total. The van der Waals surface area contributed by atoms with Crippen LogP contribution >= 0.6 is 11.8 Å². The van der Waals surface area contributed by atoms with Crippen molar-refractivity contribution in [1.29, 1.82) is 5.26 Å². The van der Waals surface area contributed by atoms with Gasteiger partial charge in [0.1, 0.15) is 11.3 Å². The van der Waals surface area contributed by atoms with Gasteiger partial charge in [-0.2, -0.15) is 9.94 Å². The zero-order valence-electron chi connectivity index (χ0n) is 14.4. The highest BCUT2D eigenvalue weighted by molar-refractivity contribution is 8.00. The zero-order chi connectivity index (χ0) is 18.6. The number of phenolic OH excluding ortho intramolecular Hbond substituents is 1. The molecule has 26 heavy (non-hydrogen) atoms. The standard InChI is InChI=1S/C17H20N6O2S/c1-12(15(25)19-17(11-18)9-3-2-4-10-17)26-16-20-21-22-23(16)13-5-7-14(24)8-6-13/h5-8,12,24H,2-4,9-10H2,1H3,(H,19,25)/t12-/m1/s1. The van der Waals surface area contributed by atoms with E-state index in [9.17, 15) is 15.2 Å². The third kappa shape index (κ3) is 3.96. The molecule has 3 rings (SSSR count). The fourth-order valence-electron chi connectivity index (χ4n) is 2.98. The maximum absolute atomic E-state index is 12.6. The van der Waals surface area contributed by atoms with Gasteiger partial charge in [-0.3, -0.25) is 4.79 Å². The summed E-state index contributed by atoms with van der Waals surface area (Å²) in [6, 6.07) is 8.76. The number of rotatable bonds is 5. The lowest BCUT2D eigenvalue weighted by atomic mass is 9.83. The van der Waals surface area contributed by atoms with E-state index in [0.29, 0.717) is 23.7 Å². The smallest absolute Gasteiger partial charge is 0.234 e. The Bertz CT molecular complexity index is 807. The molecule has 0 radical (unpaired) electrons. The Morgan fingerprint density at radius 1 is 1.35 bits per heavy atom. The van der Waals surface area contributed by atoms with Gasteiger partial charge in [0.15, 0.2) is 0 Å². The van der Waals surface area contributed by atoms with E-state index in [2.05, 4.69) is 26.9 Å². The van der Waals surface area contributed by atoms with Gasteiger partial charge in [0.2, 0.25) is 11.1 Å². The average Bonchev–Trinajstić information content (AvgIpc) is 3.11. The van der Waals surface area contributed by atoms with Crippen molar-refractivity contribution in [1.82, 2.24) is 25.5 Å². The van der Waals surface area contributed by atoms with Crippen molar-refractivity contribution in [2.75, 3.05) is 0 Å². The molecule has 2 aromatic rings. The highest BCUT2D eigenvalue weighted by Crippen LogP contribution is 2.29. The fraction of sp³-hybridized carbons (Fsp3) is 0.471. The van der Waals surface area contributed by atoms with Gasteiger partial charge in [0.05, 0.1) is 17.0 Å². The number of hydrogen-bond acceptors (Lipinski definition) is 7. The summed E-state index contributed by atoms with van der Waals surface area (Å²) >= 11 is 1.22. The average molecular weight is 372 g/mol. The SMILES string of the molecule is C[C@@H](Sc1nnnn1-c1ccc(O)cc1)C(=O)NC1(C#N)CCCCC1. The number of tetrazole rings is 1. The number of aromatic hydroxyl groups is 1. The Morgan fingerprint density at radius 2 is 2.04 bits per heavy atom. The third-order valence-corrected chi connectivity index (χ3v) is 5.50. The van der Waals surface area contributed by atoms with Crippen LogP contribution in [0.5, 0.6) is 5.75 Å². The first-order valence-electron chi connectivity index (χ1n) is 8.51. The minimum Gasteiger partial charge on any atom is -0.508 e. The molecule has 0 unspecified atom stereocenters. The second kappa shape index (κ2) is 7.74. The molecule has 1 fully saturated rings. The minimum absolute atomic E-state index is 0.151. The van der Waals surface area contributed by atoms with Crippen LogP contribution in [0.4, 0.5) is 0 Å². The summed E-state index contributed by atoms with van der Waals surface area (Å²) in [5, 5.41) is 33.5. The van der Waals surface area contributed by atoms with Crippen molar-refractivity contribution in [3.63, 3.8) is 0 Å². The monoisotopic (exact) mass is 372 g/mol. The van der Waals surface area contributed by atoms with Crippen LogP contribution in [0.2, 0.25) is 0 Å². The normalized spacial score (nSPS) is 17.2. The van der Waals surface area contributed by atoms with Gasteiger partial charge in [0, 0.05) is 0 Å². The number of phenols is 1. The van der Waals surface area contributed by atoms with E-state index in [1.54, 1.807) is 31.2 Å². The van der Waals surface area contributed by atoms with Gasteiger partial charge in [-0.25, -0.2) is 0 Å². The van der Waals surface area contributed by atoms with Crippen molar-refractivity contribution in [2.45, 2.75) is 55.0 Å². The van der Waals surface area contributed by atoms with E-state index >= 15 is 0 Å². The van der Waals surface area contributed by atoms with E-state index < -0.39 is 10.8 Å². The number of aromatic nitrogens is 4. The van der Waals surface area contributed by atoms with Crippen molar-refractivity contribution in [3.05, 3.63) is 24.3 Å². The molecule has 1 atom stereocenters. The highest BCUT2D eigenvalue weighted by atomic mass is 32.2. The molecule has 1 saturated carbocycles. The van der Waals surface area contributed by atoms with Crippen molar-refractivity contribution >= 4 is 17.7 Å². The first-order chi connectivity index (χ1) is 12.5. The fourth-order valence-corrected chi connectivity index (χ4v) is 3.79. The molecule has 1 heterocycles. The number of thioether (sulfide) groups is 1. The summed E-state index contributed by atoms with van der Waals surface area (Å²) in [4.78, 5) is 12.6. The summed E-state index contributed by atoms with van der Waals surface area (Å²) < 4.78 is 1.51. The number of amides is 1. The molecule has 1 aromatic heterocycles. The topological polar surface area (TPSA) is 117 Å². The number of carbonyl (C=O) groups is 1. The number of carbonyl (C=O) groups excluding carboxylic acids is 1. The molecule has 1 amide bonds. The lowest BCUT2D eigenvalue weighted by Crippen LogP contribution is -2.50. The van der Waals surface area contributed by atoms with Gasteiger partial charge in [-0.15, -0.1) is 5.10 Å². The molecule has 1 aromatic carbocycles. The number of nitriles is 1. The largest absolute Gasteiger partial charge is 0.508 e. The van der Waals surface area contributed by atoms with Crippen molar-refractivity contribution in [3.8, 4) is 17.5 Å². The highest BCUT2D eigenvalue weighted by Gasteiger charge is 2.35. The summed E-state index contributed by atoms with van der Waals surface area (Å²) in [7, 11) is 0. The molecule has 1 aliphatic rings. The predicted molar refractivity (Wildman–Crippen MR) is 95.7 cm³/mol. The maximum atomic E-state index is 12.6. The van der Waals surface area contributed by atoms with Crippen molar-refractivity contribution in [2.24, 2.45) is 0 Å². The zero-order valence-corrected chi connectivity index (χ0v) is 15.2. The molecular weight excluding hydrogens is 352 g/mol. The first-order valence-corrected chi connectivity index (χ1v) is 9.39. The molecule has 8 nitrogen and oxygen atoms in total. The van der Waals surface area contributed by atoms with E-state index in [0.717, 1.165) is 19.3 Å². The second-order valence-corrected chi connectivity index (χ2v) is 7.70. The lowest BCUT2D eigenvalue weighted by molar-refractivity contribution is -0.121. The summed E-state index contributed by atoms with van der Waals surface area (Å²) in [6.45, 7) is 1.77.